The third kappa shape index (κ3) is 4.06. The van der Waals surface area contributed by atoms with Gasteiger partial charge in [-0.1, -0.05) is 12.1 Å². The summed E-state index contributed by atoms with van der Waals surface area (Å²) in [5, 5.41) is 11.2. The van der Waals surface area contributed by atoms with Crippen LogP contribution in [0.25, 0.3) is 5.76 Å². The minimum atomic E-state index is -0.913. The molecule has 0 spiro atoms. The maximum absolute atomic E-state index is 13.3. The molecule has 2 fully saturated rings. The average molecular weight is 474 g/mol. The lowest BCUT2D eigenvalue weighted by atomic mass is 9.98. The second-order valence-electron chi connectivity index (χ2n) is 8.69. The fourth-order valence-electron chi connectivity index (χ4n) is 4.69. The number of furan rings is 1. The van der Waals surface area contributed by atoms with E-state index in [-0.39, 0.29) is 11.3 Å². The molecule has 2 aliphatic rings. The third-order valence-corrected chi connectivity index (χ3v) is 6.62. The number of Topliss-reactive ketones (excluding diaryl/α,β-unsaturated/α-hetero) is 1. The second-order valence-corrected chi connectivity index (χ2v) is 8.69. The van der Waals surface area contributed by atoms with E-state index >= 15 is 0 Å². The van der Waals surface area contributed by atoms with Crippen LogP contribution in [0.5, 0.6) is 5.75 Å². The first-order chi connectivity index (χ1) is 17.0. The van der Waals surface area contributed by atoms with Crippen molar-refractivity contribution in [3.05, 3.63) is 83.8 Å². The van der Waals surface area contributed by atoms with Crippen LogP contribution in [0.3, 0.4) is 0 Å². The van der Waals surface area contributed by atoms with Gasteiger partial charge in [-0.2, -0.15) is 0 Å². The predicted octanol–water partition coefficient (Wildman–Crippen LogP) is 3.67. The van der Waals surface area contributed by atoms with Gasteiger partial charge in [-0.05, 0) is 55.6 Å². The highest BCUT2D eigenvalue weighted by molar-refractivity contribution is 6.51. The van der Waals surface area contributed by atoms with Gasteiger partial charge in [0.25, 0.3) is 11.7 Å². The lowest BCUT2D eigenvalue weighted by molar-refractivity contribution is -0.132. The number of hydrogen-bond acceptors (Lipinski definition) is 7. The SMILES string of the molecule is COc1ccccc1/C(O)=C1/C(=O)C(=O)N(c2ccc(N3CCN(C)CC3)cc2)C1c1ccco1. The molecule has 8 nitrogen and oxygen atoms in total. The van der Waals surface area contributed by atoms with E-state index in [4.69, 9.17) is 9.15 Å². The molecule has 1 N–H and O–H groups in total. The third-order valence-electron chi connectivity index (χ3n) is 6.62. The second kappa shape index (κ2) is 9.31. The molecule has 1 unspecified atom stereocenters. The number of amides is 1. The Balaban J connectivity index is 1.56. The van der Waals surface area contributed by atoms with Crippen LogP contribution >= 0.6 is 0 Å². The number of hydrogen-bond donors (Lipinski definition) is 1. The van der Waals surface area contributed by atoms with Crippen LogP contribution in [0.2, 0.25) is 0 Å². The largest absolute Gasteiger partial charge is 0.507 e. The lowest BCUT2D eigenvalue weighted by Crippen LogP contribution is -2.44. The topological polar surface area (TPSA) is 86.5 Å². The van der Waals surface area contributed by atoms with Crippen molar-refractivity contribution in [1.29, 1.82) is 0 Å². The molecule has 0 radical (unpaired) electrons. The minimum Gasteiger partial charge on any atom is -0.507 e. The number of carbonyl (C=O) groups is 2. The number of carbonyl (C=O) groups excluding carboxylic acids is 2. The van der Waals surface area contributed by atoms with E-state index in [1.165, 1.54) is 18.3 Å². The first kappa shape index (κ1) is 22.7. The van der Waals surface area contributed by atoms with Crippen molar-refractivity contribution in [3.8, 4) is 5.75 Å². The van der Waals surface area contributed by atoms with Gasteiger partial charge in [-0.25, -0.2) is 0 Å². The van der Waals surface area contributed by atoms with Crippen molar-refractivity contribution in [3.63, 3.8) is 0 Å². The van der Waals surface area contributed by atoms with Gasteiger partial charge in [0, 0.05) is 37.6 Å². The van der Waals surface area contributed by atoms with E-state index in [0.29, 0.717) is 22.8 Å². The molecule has 0 saturated carbocycles. The van der Waals surface area contributed by atoms with Crippen LogP contribution in [0, 0.1) is 0 Å². The van der Waals surface area contributed by atoms with Gasteiger partial charge in [0.15, 0.2) is 0 Å². The Morgan fingerprint density at radius 2 is 1.63 bits per heavy atom. The minimum absolute atomic E-state index is 0.0439. The summed E-state index contributed by atoms with van der Waals surface area (Å²) in [4.78, 5) is 32.5. The normalized spacial score (nSPS) is 20.5. The Bertz CT molecular complexity index is 1260. The number of methoxy groups -OCH3 is 1. The number of para-hydroxylation sites is 1. The van der Waals surface area contributed by atoms with Crippen LogP contribution in [-0.4, -0.2) is 62.0 Å². The number of aliphatic hydroxyl groups excluding tert-OH is 1. The number of likely N-dealkylation sites (N-methyl/N-ethyl adjacent to an activating group) is 1. The highest BCUT2D eigenvalue weighted by atomic mass is 16.5. The molecule has 5 rings (SSSR count). The van der Waals surface area contributed by atoms with Gasteiger partial charge in [0.1, 0.15) is 23.3 Å². The van der Waals surface area contributed by atoms with Crippen LogP contribution in [0.4, 0.5) is 11.4 Å². The first-order valence-corrected chi connectivity index (χ1v) is 11.5. The van der Waals surface area contributed by atoms with E-state index < -0.39 is 17.7 Å². The molecule has 3 heterocycles. The molecular weight excluding hydrogens is 446 g/mol. The maximum atomic E-state index is 13.3. The summed E-state index contributed by atoms with van der Waals surface area (Å²) in [5.41, 5.74) is 1.89. The van der Waals surface area contributed by atoms with E-state index in [9.17, 15) is 14.7 Å². The molecule has 1 atom stereocenters. The van der Waals surface area contributed by atoms with Crippen molar-refractivity contribution in [2.75, 3.05) is 50.1 Å². The Morgan fingerprint density at radius 3 is 2.29 bits per heavy atom. The van der Waals surface area contributed by atoms with Crippen molar-refractivity contribution in [2.24, 2.45) is 0 Å². The van der Waals surface area contributed by atoms with Gasteiger partial charge in [0.2, 0.25) is 0 Å². The van der Waals surface area contributed by atoms with Crippen LogP contribution in [0.15, 0.2) is 76.9 Å². The zero-order chi connectivity index (χ0) is 24.5. The molecule has 2 saturated heterocycles. The van der Waals surface area contributed by atoms with Gasteiger partial charge in [-0.3, -0.25) is 14.5 Å². The van der Waals surface area contributed by atoms with E-state index in [1.807, 2.05) is 24.3 Å². The number of piperazine rings is 1. The summed E-state index contributed by atoms with van der Waals surface area (Å²) in [6.07, 6.45) is 1.48. The van der Waals surface area contributed by atoms with Crippen LogP contribution in [-0.2, 0) is 9.59 Å². The molecule has 8 heteroatoms. The van der Waals surface area contributed by atoms with E-state index in [1.54, 1.807) is 36.4 Å². The monoisotopic (exact) mass is 473 g/mol. The Morgan fingerprint density at radius 1 is 0.943 bits per heavy atom. The van der Waals surface area contributed by atoms with Gasteiger partial charge in [0.05, 0.1) is 24.5 Å². The Kier molecular flexibility index (Phi) is 6.05. The summed E-state index contributed by atoms with van der Waals surface area (Å²) in [7, 11) is 3.59. The predicted molar refractivity (Wildman–Crippen MR) is 133 cm³/mol. The fraction of sp³-hybridized carbons (Fsp3) is 0.259. The maximum Gasteiger partial charge on any atom is 0.300 e. The van der Waals surface area contributed by atoms with Crippen LogP contribution in [0.1, 0.15) is 17.4 Å². The van der Waals surface area contributed by atoms with E-state index in [2.05, 4.69) is 16.8 Å². The summed E-state index contributed by atoms with van der Waals surface area (Å²) in [6.45, 7) is 3.81. The molecule has 35 heavy (non-hydrogen) atoms. The number of anilines is 2. The number of aliphatic hydroxyl groups is 1. The fourth-order valence-corrected chi connectivity index (χ4v) is 4.69. The summed E-state index contributed by atoms with van der Waals surface area (Å²) in [6, 6.07) is 16.9. The Labute approximate surface area is 203 Å². The smallest absolute Gasteiger partial charge is 0.300 e. The average Bonchev–Trinajstić information content (AvgIpc) is 3.51. The first-order valence-electron chi connectivity index (χ1n) is 11.5. The summed E-state index contributed by atoms with van der Waals surface area (Å²) < 4.78 is 11.0. The zero-order valence-electron chi connectivity index (χ0n) is 19.7. The van der Waals surface area contributed by atoms with Crippen molar-refractivity contribution < 1.29 is 23.8 Å². The zero-order valence-corrected chi connectivity index (χ0v) is 19.7. The van der Waals surface area contributed by atoms with Crippen molar-refractivity contribution >= 4 is 28.8 Å². The number of rotatable bonds is 5. The molecule has 3 aromatic rings. The molecule has 0 bridgehead atoms. The van der Waals surface area contributed by atoms with Crippen LogP contribution < -0.4 is 14.5 Å². The standard InChI is InChI=1S/C27H27N3O5/c1-28-13-15-29(16-14-28)18-9-11-19(12-10-18)30-24(22-8-5-17-35-22)23(26(32)27(30)33)25(31)20-6-3-4-7-21(20)34-2/h3-12,17,24,31H,13-16H2,1-2H3/b25-23-. The van der Waals surface area contributed by atoms with Crippen molar-refractivity contribution in [2.45, 2.75) is 6.04 Å². The van der Waals surface area contributed by atoms with Crippen molar-refractivity contribution in [1.82, 2.24) is 4.90 Å². The highest BCUT2D eigenvalue weighted by Gasteiger charge is 2.48. The summed E-state index contributed by atoms with van der Waals surface area (Å²) in [5.74, 6) is -1.04. The number of ether oxygens (including phenoxy) is 1. The number of ketones is 1. The van der Waals surface area contributed by atoms with Gasteiger partial charge >= 0.3 is 0 Å². The number of nitrogens with zero attached hydrogens (tertiary/aromatic N) is 3. The Hall–Kier alpha value is -4.04. The molecule has 180 valence electrons. The molecule has 2 aliphatic heterocycles. The molecule has 2 aromatic carbocycles. The lowest BCUT2D eigenvalue weighted by Gasteiger charge is -2.34. The van der Waals surface area contributed by atoms with Gasteiger partial charge in [-0.15, -0.1) is 0 Å². The quantitative estimate of drug-likeness (QED) is 0.344. The number of benzene rings is 2. The summed E-state index contributed by atoms with van der Waals surface area (Å²) >= 11 is 0. The molecular formula is C27H27N3O5. The van der Waals surface area contributed by atoms with E-state index in [0.717, 1.165) is 31.9 Å². The van der Waals surface area contributed by atoms with Gasteiger partial charge < -0.3 is 24.1 Å². The highest BCUT2D eigenvalue weighted by Crippen LogP contribution is 2.43. The molecule has 1 aromatic heterocycles. The molecule has 0 aliphatic carbocycles. The molecule has 1 amide bonds.